The summed E-state index contributed by atoms with van der Waals surface area (Å²) in [6.45, 7) is 8.97. The Morgan fingerprint density at radius 2 is 1.56 bits per heavy atom. The molecule has 236 valence electrons. The number of aromatic nitrogens is 5. The molecule has 0 atom stereocenters. The average molecular weight is 603 g/mol. The summed E-state index contributed by atoms with van der Waals surface area (Å²) in [5.74, 6) is 1.80. The quantitative estimate of drug-likeness (QED) is 0.430. The molecule has 11 nitrogen and oxygen atoms in total. The molecule has 13 heteroatoms. The number of carbonyl (C=O) groups excluding carboxylic acids is 1. The molecule has 1 aromatic carbocycles. The van der Waals surface area contributed by atoms with Crippen LogP contribution in [0, 0.1) is 12.8 Å². The fourth-order valence-corrected chi connectivity index (χ4v) is 5.53. The van der Waals surface area contributed by atoms with Gasteiger partial charge in [0.15, 0.2) is 5.82 Å². The predicted molar refractivity (Wildman–Crippen MR) is 161 cm³/mol. The molecule has 2 N–H and O–H groups in total. The zero-order chi connectivity index (χ0) is 30.6. The zero-order valence-corrected chi connectivity index (χ0v) is 25.3. The second-order valence-corrected chi connectivity index (χ2v) is 10.9. The van der Waals surface area contributed by atoms with E-state index in [1.165, 1.54) is 49.5 Å². The summed E-state index contributed by atoms with van der Waals surface area (Å²) in [5, 5.41) is 0. The van der Waals surface area contributed by atoms with E-state index in [9.17, 15) is 13.6 Å². The number of urea groups is 1. The van der Waals surface area contributed by atoms with Crippen molar-refractivity contribution in [3.63, 3.8) is 0 Å². The van der Waals surface area contributed by atoms with Gasteiger partial charge in [-0.15, -0.1) is 0 Å². The Labute approximate surface area is 251 Å². The van der Waals surface area contributed by atoms with Gasteiger partial charge in [-0.1, -0.05) is 64.0 Å². The van der Waals surface area contributed by atoms with Gasteiger partial charge in [0.25, 0.3) is 6.43 Å². The van der Waals surface area contributed by atoms with Gasteiger partial charge in [0, 0.05) is 26.2 Å². The zero-order valence-electron chi connectivity index (χ0n) is 25.3. The van der Waals surface area contributed by atoms with Crippen LogP contribution < -0.4 is 10.6 Å². The summed E-state index contributed by atoms with van der Waals surface area (Å²) >= 11 is 0. The third kappa shape index (κ3) is 9.27. The number of para-hydroxylation sites is 2. The van der Waals surface area contributed by atoms with Crippen LogP contribution in [0.25, 0.3) is 17.0 Å². The maximum atomic E-state index is 13.5. The number of benzene rings is 1. The lowest BCUT2D eigenvalue weighted by Gasteiger charge is -2.27. The number of ether oxygens (including phenoxy) is 2. The molecular weight excluding hydrogens is 558 g/mol. The molecule has 0 radical (unpaired) electrons. The van der Waals surface area contributed by atoms with Gasteiger partial charge < -0.3 is 25.0 Å². The number of primary amides is 1. The van der Waals surface area contributed by atoms with Gasteiger partial charge in [-0.3, -0.25) is 4.57 Å². The predicted octanol–water partition coefficient (Wildman–Crippen LogP) is 5.06. The van der Waals surface area contributed by atoms with E-state index in [1.807, 2.05) is 4.90 Å². The normalized spacial score (nSPS) is 17.7. The van der Waals surface area contributed by atoms with E-state index in [1.54, 1.807) is 36.1 Å². The lowest BCUT2D eigenvalue weighted by atomic mass is 9.86. The van der Waals surface area contributed by atoms with Crippen LogP contribution in [-0.4, -0.2) is 88.0 Å². The van der Waals surface area contributed by atoms with Gasteiger partial charge in [-0.05, 0) is 25.0 Å². The summed E-state index contributed by atoms with van der Waals surface area (Å²) < 4.78 is 38.7. The first-order valence-electron chi connectivity index (χ1n) is 15.3. The molecule has 1 saturated carbocycles. The highest BCUT2D eigenvalue weighted by Crippen LogP contribution is 2.28. The largest absolute Gasteiger partial charge is 0.378 e. The van der Waals surface area contributed by atoms with Gasteiger partial charge >= 0.3 is 6.03 Å². The Kier molecular flexibility index (Phi) is 12.4. The highest BCUT2D eigenvalue weighted by Gasteiger charge is 2.23. The minimum absolute atomic E-state index is 0.151. The summed E-state index contributed by atoms with van der Waals surface area (Å²) in [6, 6.07) is 6.59. The molecule has 2 amide bonds. The fourth-order valence-electron chi connectivity index (χ4n) is 5.53. The van der Waals surface area contributed by atoms with Crippen molar-refractivity contribution in [3.05, 3.63) is 35.9 Å². The Balaban J connectivity index is 0.000000192. The van der Waals surface area contributed by atoms with Gasteiger partial charge in [0.2, 0.25) is 11.9 Å². The number of aryl methyl sites for hydroxylation is 1. The number of anilines is 1. The van der Waals surface area contributed by atoms with Crippen molar-refractivity contribution < 1.29 is 23.0 Å². The molecular formula is C30H44F2N8O3. The number of hydrogen-bond acceptors (Lipinski definition) is 8. The monoisotopic (exact) mass is 602 g/mol. The van der Waals surface area contributed by atoms with Crippen LogP contribution in [0.4, 0.5) is 19.5 Å². The van der Waals surface area contributed by atoms with Crippen LogP contribution in [0.5, 0.6) is 0 Å². The molecule has 6 rings (SSSR count). The maximum Gasteiger partial charge on any atom is 0.314 e. The molecule has 43 heavy (non-hydrogen) atoms. The van der Waals surface area contributed by atoms with E-state index < -0.39 is 6.43 Å². The first-order valence-corrected chi connectivity index (χ1v) is 15.3. The smallest absolute Gasteiger partial charge is 0.314 e. The Bertz CT molecular complexity index is 1290. The van der Waals surface area contributed by atoms with Crippen molar-refractivity contribution in [2.75, 3.05) is 57.5 Å². The second kappa shape index (κ2) is 16.4. The highest BCUT2D eigenvalue weighted by atomic mass is 19.3. The minimum Gasteiger partial charge on any atom is -0.378 e. The number of fused-ring (bicyclic) bond motifs is 1. The maximum absolute atomic E-state index is 13.5. The molecule has 0 unspecified atom stereocenters. The number of amides is 2. The Morgan fingerprint density at radius 1 is 0.930 bits per heavy atom. The average Bonchev–Trinajstić information content (AvgIpc) is 3.43. The van der Waals surface area contributed by atoms with Gasteiger partial charge in [0.1, 0.15) is 5.82 Å². The number of imidazole rings is 1. The number of halogens is 2. The van der Waals surface area contributed by atoms with E-state index in [2.05, 4.69) is 26.9 Å². The van der Waals surface area contributed by atoms with Gasteiger partial charge in [-0.2, -0.15) is 15.0 Å². The molecule has 0 spiro atoms. The van der Waals surface area contributed by atoms with Crippen molar-refractivity contribution in [2.45, 2.75) is 65.2 Å². The first-order chi connectivity index (χ1) is 20.9. The van der Waals surface area contributed by atoms with Crippen LogP contribution in [0.2, 0.25) is 0 Å². The minimum atomic E-state index is -2.74. The fraction of sp³-hybridized carbons (Fsp3) is 0.633. The third-order valence-electron chi connectivity index (χ3n) is 7.74. The van der Waals surface area contributed by atoms with E-state index in [0.717, 1.165) is 5.92 Å². The molecule has 4 heterocycles. The highest BCUT2D eigenvalue weighted by molar-refractivity contribution is 5.77. The molecule has 1 aliphatic carbocycles. The SMILES string of the molecule is CCCC1CCCCC1.Cc1nc(N2CCOCC2)nc(-n2c(C(F)F)nc3ccccc32)n1.NC(=O)N1CCOCC1. The number of rotatable bonds is 5. The van der Waals surface area contributed by atoms with Crippen molar-refractivity contribution in [1.29, 1.82) is 0 Å². The second-order valence-electron chi connectivity index (χ2n) is 10.9. The van der Waals surface area contributed by atoms with Crippen LogP contribution >= 0.6 is 0 Å². The number of carbonyl (C=O) groups is 1. The number of nitrogens with two attached hydrogens (primary N) is 1. The molecule has 0 bridgehead atoms. The lowest BCUT2D eigenvalue weighted by Crippen LogP contribution is -2.43. The molecule has 2 saturated heterocycles. The first kappa shape index (κ1) is 32.5. The van der Waals surface area contributed by atoms with E-state index >= 15 is 0 Å². The summed E-state index contributed by atoms with van der Waals surface area (Å²) in [4.78, 5) is 31.1. The Morgan fingerprint density at radius 3 is 2.16 bits per heavy atom. The van der Waals surface area contributed by atoms with Crippen molar-refractivity contribution in [3.8, 4) is 5.95 Å². The standard InChI is InChI=1S/C16H16F2N6O.C9H18.C5H10N2O2/c1-10-19-15(23-6-8-25-9-7-23)22-16(20-10)24-12-5-3-2-4-11(12)21-14(24)13(17)18;1-2-6-9-7-4-3-5-8-9;6-5(8)7-1-3-9-4-2-7/h2-5,13H,6-9H2,1H3;9H,2-8H2,1H3;1-4H2,(H2,6,8). The van der Waals surface area contributed by atoms with E-state index in [4.69, 9.17) is 15.2 Å². The summed E-state index contributed by atoms with van der Waals surface area (Å²) in [6.07, 6.45) is 7.69. The molecule has 3 fully saturated rings. The molecule has 2 aromatic heterocycles. The number of alkyl halides is 2. The van der Waals surface area contributed by atoms with Crippen molar-refractivity contribution >= 4 is 23.0 Å². The lowest BCUT2D eigenvalue weighted by molar-refractivity contribution is 0.0554. The molecule has 3 aromatic rings. The van der Waals surface area contributed by atoms with E-state index in [0.29, 0.717) is 75.4 Å². The van der Waals surface area contributed by atoms with Crippen molar-refractivity contribution in [1.82, 2.24) is 29.4 Å². The van der Waals surface area contributed by atoms with E-state index in [-0.39, 0.29) is 17.8 Å². The summed E-state index contributed by atoms with van der Waals surface area (Å²) in [7, 11) is 0. The van der Waals surface area contributed by atoms with Crippen LogP contribution in [0.1, 0.15) is 69.9 Å². The number of hydrogen-bond donors (Lipinski definition) is 1. The third-order valence-corrected chi connectivity index (χ3v) is 7.74. The topological polar surface area (TPSA) is 125 Å². The van der Waals surface area contributed by atoms with Crippen LogP contribution in [-0.2, 0) is 9.47 Å². The van der Waals surface area contributed by atoms with Crippen molar-refractivity contribution in [2.24, 2.45) is 11.7 Å². The van der Waals surface area contributed by atoms with Gasteiger partial charge in [-0.25, -0.2) is 18.6 Å². The molecule has 3 aliphatic rings. The number of nitrogens with zero attached hydrogens (tertiary/aromatic N) is 7. The molecule has 2 aliphatic heterocycles. The Hall–Kier alpha value is -3.45. The van der Waals surface area contributed by atoms with Crippen LogP contribution in [0.15, 0.2) is 24.3 Å². The van der Waals surface area contributed by atoms with Crippen LogP contribution in [0.3, 0.4) is 0 Å². The number of morpholine rings is 2. The van der Waals surface area contributed by atoms with Gasteiger partial charge in [0.05, 0.1) is 37.5 Å². The summed E-state index contributed by atoms with van der Waals surface area (Å²) in [5.41, 5.74) is 6.01.